The van der Waals surface area contributed by atoms with Crippen LogP contribution >= 0.6 is 0 Å². The van der Waals surface area contributed by atoms with Gasteiger partial charge >= 0.3 is 0 Å². The van der Waals surface area contributed by atoms with E-state index >= 15 is 0 Å². The standard InChI is InChI=1S/C22H26N4O2/c1-16-7-8-19-20(13-16)24-28-21(19)22(27)23-14-17-5-3-4-6-18(17)15-26-11-9-25(2)10-12-26/h3-8,13H,9-12,14-15H2,1-2H3,(H,23,27). The van der Waals surface area contributed by atoms with Crippen LogP contribution in [0.3, 0.4) is 0 Å². The highest BCUT2D eigenvalue weighted by Gasteiger charge is 2.18. The Morgan fingerprint density at radius 2 is 1.86 bits per heavy atom. The SMILES string of the molecule is Cc1ccc2c(C(=O)NCc3ccccc3CN3CCN(C)CC3)onc2c1. The van der Waals surface area contributed by atoms with Crippen LogP contribution in [0.15, 0.2) is 47.0 Å². The van der Waals surface area contributed by atoms with Crippen molar-refractivity contribution in [2.45, 2.75) is 20.0 Å². The molecule has 0 atom stereocenters. The van der Waals surface area contributed by atoms with E-state index in [2.05, 4.69) is 45.5 Å². The number of hydrogen-bond donors (Lipinski definition) is 1. The summed E-state index contributed by atoms with van der Waals surface area (Å²) in [5, 5.41) is 7.75. The molecule has 0 spiro atoms. The monoisotopic (exact) mass is 378 g/mol. The Morgan fingerprint density at radius 3 is 2.64 bits per heavy atom. The number of benzene rings is 2. The van der Waals surface area contributed by atoms with Crippen LogP contribution in [0, 0.1) is 6.92 Å². The van der Waals surface area contributed by atoms with Crippen molar-refractivity contribution in [3.8, 4) is 0 Å². The first kappa shape index (κ1) is 18.7. The number of nitrogens with one attached hydrogen (secondary N) is 1. The largest absolute Gasteiger partial charge is 0.350 e. The molecule has 1 N–H and O–H groups in total. The predicted octanol–water partition coefficient (Wildman–Crippen LogP) is 2.81. The summed E-state index contributed by atoms with van der Waals surface area (Å²) < 4.78 is 5.31. The van der Waals surface area contributed by atoms with Crippen LogP contribution in [-0.4, -0.2) is 54.1 Å². The molecule has 1 amide bonds. The Morgan fingerprint density at radius 1 is 1.11 bits per heavy atom. The molecule has 3 aromatic rings. The van der Waals surface area contributed by atoms with Crippen LogP contribution in [0.5, 0.6) is 0 Å². The fourth-order valence-electron chi connectivity index (χ4n) is 3.60. The van der Waals surface area contributed by atoms with Crippen LogP contribution in [0.1, 0.15) is 27.2 Å². The minimum atomic E-state index is -0.235. The van der Waals surface area contributed by atoms with Gasteiger partial charge in [0.25, 0.3) is 5.91 Å². The lowest BCUT2D eigenvalue weighted by Gasteiger charge is -2.32. The molecule has 0 radical (unpaired) electrons. The molecule has 0 unspecified atom stereocenters. The second-order valence-corrected chi connectivity index (χ2v) is 7.56. The first-order valence-corrected chi connectivity index (χ1v) is 9.72. The molecule has 2 aromatic carbocycles. The van der Waals surface area contributed by atoms with Gasteiger partial charge in [-0.1, -0.05) is 35.5 Å². The van der Waals surface area contributed by atoms with E-state index in [1.54, 1.807) is 0 Å². The molecule has 28 heavy (non-hydrogen) atoms. The maximum atomic E-state index is 12.7. The van der Waals surface area contributed by atoms with Crippen LogP contribution < -0.4 is 5.32 Å². The zero-order chi connectivity index (χ0) is 19.5. The third kappa shape index (κ3) is 4.08. The van der Waals surface area contributed by atoms with E-state index in [0.29, 0.717) is 12.1 Å². The number of hydrogen-bond acceptors (Lipinski definition) is 5. The molecule has 1 fully saturated rings. The van der Waals surface area contributed by atoms with E-state index in [0.717, 1.165) is 49.2 Å². The van der Waals surface area contributed by atoms with Gasteiger partial charge in [-0.15, -0.1) is 0 Å². The van der Waals surface area contributed by atoms with Crippen molar-refractivity contribution in [1.82, 2.24) is 20.3 Å². The molecule has 1 aliphatic rings. The number of rotatable bonds is 5. The Balaban J connectivity index is 1.43. The zero-order valence-corrected chi connectivity index (χ0v) is 16.4. The van der Waals surface area contributed by atoms with Gasteiger partial charge in [-0.25, -0.2) is 0 Å². The molecule has 146 valence electrons. The fraction of sp³-hybridized carbons (Fsp3) is 0.364. The third-order valence-corrected chi connectivity index (χ3v) is 5.39. The van der Waals surface area contributed by atoms with Gasteiger partial charge in [-0.3, -0.25) is 9.69 Å². The Hall–Kier alpha value is -2.70. The lowest BCUT2D eigenvalue weighted by Crippen LogP contribution is -2.44. The molecule has 2 heterocycles. The lowest BCUT2D eigenvalue weighted by molar-refractivity contribution is 0.0916. The molecule has 1 aliphatic heterocycles. The van der Waals surface area contributed by atoms with Crippen molar-refractivity contribution >= 4 is 16.8 Å². The average Bonchev–Trinajstić information content (AvgIpc) is 3.12. The van der Waals surface area contributed by atoms with Crippen LogP contribution in [0.4, 0.5) is 0 Å². The molecular weight excluding hydrogens is 352 g/mol. The van der Waals surface area contributed by atoms with Crippen molar-refractivity contribution in [2.24, 2.45) is 0 Å². The summed E-state index contributed by atoms with van der Waals surface area (Å²) in [6, 6.07) is 14.1. The number of likely N-dealkylation sites (N-methyl/N-ethyl adjacent to an activating group) is 1. The zero-order valence-electron chi connectivity index (χ0n) is 16.4. The van der Waals surface area contributed by atoms with Gasteiger partial charge in [-0.05, 0) is 42.8 Å². The van der Waals surface area contributed by atoms with Crippen molar-refractivity contribution in [2.75, 3.05) is 33.2 Å². The second kappa shape index (κ2) is 8.12. The first-order valence-electron chi connectivity index (χ1n) is 9.72. The Bertz CT molecular complexity index is 974. The molecule has 0 bridgehead atoms. The summed E-state index contributed by atoms with van der Waals surface area (Å²) in [5.74, 6) is 0.0345. The lowest BCUT2D eigenvalue weighted by atomic mass is 10.1. The molecule has 6 nitrogen and oxygen atoms in total. The van der Waals surface area contributed by atoms with Gasteiger partial charge in [0.2, 0.25) is 5.76 Å². The number of amides is 1. The van der Waals surface area contributed by atoms with E-state index in [9.17, 15) is 4.79 Å². The van der Waals surface area contributed by atoms with E-state index < -0.39 is 0 Å². The number of carbonyl (C=O) groups excluding carboxylic acids is 1. The number of fused-ring (bicyclic) bond motifs is 1. The van der Waals surface area contributed by atoms with E-state index in [-0.39, 0.29) is 11.7 Å². The molecule has 1 aromatic heterocycles. The number of aromatic nitrogens is 1. The van der Waals surface area contributed by atoms with Gasteiger partial charge in [-0.2, -0.15) is 0 Å². The van der Waals surface area contributed by atoms with E-state index in [4.69, 9.17) is 4.52 Å². The highest BCUT2D eigenvalue weighted by Crippen LogP contribution is 2.20. The summed E-state index contributed by atoms with van der Waals surface area (Å²) >= 11 is 0. The Labute approximate surface area is 165 Å². The van der Waals surface area contributed by atoms with E-state index in [1.807, 2.05) is 31.2 Å². The van der Waals surface area contributed by atoms with Crippen LogP contribution in [0.2, 0.25) is 0 Å². The number of nitrogens with zero attached hydrogens (tertiary/aromatic N) is 3. The molecule has 4 rings (SSSR count). The maximum Gasteiger partial charge on any atom is 0.290 e. The molecule has 0 aliphatic carbocycles. The maximum absolute atomic E-state index is 12.7. The minimum Gasteiger partial charge on any atom is -0.350 e. The van der Waals surface area contributed by atoms with Crippen molar-refractivity contribution in [1.29, 1.82) is 0 Å². The van der Waals surface area contributed by atoms with Crippen LogP contribution in [0.25, 0.3) is 10.9 Å². The predicted molar refractivity (Wildman–Crippen MR) is 109 cm³/mol. The van der Waals surface area contributed by atoms with Gasteiger partial charge in [0, 0.05) is 39.3 Å². The molecule has 1 saturated heterocycles. The Kier molecular flexibility index (Phi) is 5.41. The summed E-state index contributed by atoms with van der Waals surface area (Å²) in [6.07, 6.45) is 0. The van der Waals surface area contributed by atoms with E-state index in [1.165, 1.54) is 5.56 Å². The smallest absolute Gasteiger partial charge is 0.290 e. The number of carbonyl (C=O) groups is 1. The van der Waals surface area contributed by atoms with Crippen molar-refractivity contribution < 1.29 is 9.32 Å². The molecular formula is C22H26N4O2. The second-order valence-electron chi connectivity index (χ2n) is 7.56. The molecule has 6 heteroatoms. The van der Waals surface area contributed by atoms with Gasteiger partial charge in [0.1, 0.15) is 5.52 Å². The quantitative estimate of drug-likeness (QED) is 0.740. The summed E-state index contributed by atoms with van der Waals surface area (Å²) in [7, 11) is 2.16. The molecule has 0 saturated carbocycles. The average molecular weight is 378 g/mol. The topological polar surface area (TPSA) is 61.6 Å². The highest BCUT2D eigenvalue weighted by molar-refractivity contribution is 6.03. The van der Waals surface area contributed by atoms with Crippen molar-refractivity contribution in [3.05, 3.63) is 64.9 Å². The normalized spacial score (nSPS) is 15.8. The minimum absolute atomic E-state index is 0.235. The van der Waals surface area contributed by atoms with Crippen molar-refractivity contribution in [3.63, 3.8) is 0 Å². The van der Waals surface area contributed by atoms with Gasteiger partial charge in [0.15, 0.2) is 0 Å². The third-order valence-electron chi connectivity index (χ3n) is 5.39. The van der Waals surface area contributed by atoms with Gasteiger partial charge < -0.3 is 14.7 Å². The number of aryl methyl sites for hydroxylation is 1. The fourth-order valence-corrected chi connectivity index (χ4v) is 3.60. The summed E-state index contributed by atoms with van der Waals surface area (Å²) in [4.78, 5) is 17.5. The number of piperazine rings is 1. The summed E-state index contributed by atoms with van der Waals surface area (Å²) in [6.45, 7) is 7.70. The first-order chi connectivity index (χ1) is 13.6. The summed E-state index contributed by atoms with van der Waals surface area (Å²) in [5.41, 5.74) is 4.19. The highest BCUT2D eigenvalue weighted by atomic mass is 16.5. The van der Waals surface area contributed by atoms with Gasteiger partial charge in [0.05, 0.1) is 5.39 Å². The van der Waals surface area contributed by atoms with Crippen LogP contribution in [-0.2, 0) is 13.1 Å².